The van der Waals surface area contributed by atoms with E-state index in [9.17, 15) is 14.7 Å². The van der Waals surface area contributed by atoms with E-state index in [1.165, 1.54) is 40.3 Å². The molecule has 0 bridgehead atoms. The Kier molecular flexibility index (Phi) is 8.43. The van der Waals surface area contributed by atoms with Crippen LogP contribution in [0.5, 0.6) is 5.75 Å². The molecule has 1 unspecified atom stereocenters. The van der Waals surface area contributed by atoms with Gasteiger partial charge in [-0.2, -0.15) is 0 Å². The van der Waals surface area contributed by atoms with Gasteiger partial charge in [0.05, 0.1) is 24.5 Å². The molecule has 0 saturated heterocycles. The molecule has 0 radical (unpaired) electrons. The highest BCUT2D eigenvalue weighted by Gasteiger charge is 2.46. The molecule has 5 rings (SSSR count). The number of furan rings is 1. The monoisotopic (exact) mass is 561 g/mol. The van der Waals surface area contributed by atoms with Gasteiger partial charge in [-0.3, -0.25) is 14.5 Å². The molecule has 0 spiro atoms. The van der Waals surface area contributed by atoms with Crippen molar-refractivity contribution in [3.8, 4) is 5.75 Å². The standard InChI is InChI=1S/C29H27N3O5S2/c1-2-3-7-16-36-21-14-12-20(13-15-21)24-23(25(33)22-11-8-17-37-22)26(34)27(35)32(24)28-30-31-29(39-28)38-18-19-9-5-4-6-10-19/h4-6,8-15,17,24,34H,2-3,7,16,18H2,1H3. The van der Waals surface area contributed by atoms with Gasteiger partial charge in [0.1, 0.15) is 5.75 Å². The highest BCUT2D eigenvalue weighted by Crippen LogP contribution is 2.44. The number of hydrogen-bond donors (Lipinski definition) is 1. The quantitative estimate of drug-likeness (QED) is 0.0874. The Labute approximate surface area is 234 Å². The lowest BCUT2D eigenvalue weighted by Crippen LogP contribution is -2.31. The summed E-state index contributed by atoms with van der Waals surface area (Å²) in [4.78, 5) is 28.1. The van der Waals surface area contributed by atoms with Crippen molar-refractivity contribution in [1.82, 2.24) is 10.2 Å². The zero-order valence-corrected chi connectivity index (χ0v) is 22.9. The Bertz CT molecular complexity index is 1450. The summed E-state index contributed by atoms with van der Waals surface area (Å²) >= 11 is 2.73. The largest absolute Gasteiger partial charge is 0.503 e. The van der Waals surface area contributed by atoms with Crippen molar-refractivity contribution in [2.45, 2.75) is 42.3 Å². The predicted octanol–water partition coefficient (Wildman–Crippen LogP) is 6.78. The summed E-state index contributed by atoms with van der Waals surface area (Å²) < 4.78 is 11.8. The number of Topliss-reactive ketones (excluding diaryl/α,β-unsaturated/α-hetero) is 1. The van der Waals surface area contributed by atoms with E-state index in [-0.39, 0.29) is 16.5 Å². The summed E-state index contributed by atoms with van der Waals surface area (Å²) in [6.07, 6.45) is 4.53. The van der Waals surface area contributed by atoms with Crippen molar-refractivity contribution in [2.24, 2.45) is 0 Å². The maximum Gasteiger partial charge on any atom is 0.296 e. The Morgan fingerprint density at radius 3 is 2.59 bits per heavy atom. The molecule has 1 N–H and O–H groups in total. The third-order valence-corrected chi connectivity index (χ3v) is 8.34. The van der Waals surface area contributed by atoms with E-state index in [4.69, 9.17) is 9.15 Å². The van der Waals surface area contributed by atoms with Crippen LogP contribution in [-0.2, 0) is 10.5 Å². The Morgan fingerprint density at radius 2 is 1.87 bits per heavy atom. The fourth-order valence-corrected chi connectivity index (χ4v) is 6.08. The van der Waals surface area contributed by atoms with Crippen LogP contribution in [0.25, 0.3) is 0 Å². The molecule has 10 heteroatoms. The average Bonchev–Trinajstić information content (AvgIpc) is 3.72. The van der Waals surface area contributed by atoms with Crippen molar-refractivity contribution in [3.63, 3.8) is 0 Å². The smallest absolute Gasteiger partial charge is 0.296 e. The topological polar surface area (TPSA) is 106 Å². The van der Waals surface area contributed by atoms with Crippen LogP contribution in [0.4, 0.5) is 5.13 Å². The second-order valence-corrected chi connectivity index (χ2v) is 11.1. The minimum absolute atomic E-state index is 0.0310. The zero-order valence-electron chi connectivity index (χ0n) is 21.3. The number of anilines is 1. The van der Waals surface area contributed by atoms with Gasteiger partial charge in [-0.15, -0.1) is 10.2 Å². The maximum atomic E-state index is 13.4. The molecule has 2 aromatic carbocycles. The first-order valence-electron chi connectivity index (χ1n) is 12.6. The number of benzene rings is 2. The molecule has 39 heavy (non-hydrogen) atoms. The van der Waals surface area contributed by atoms with Crippen LogP contribution in [-0.4, -0.2) is 33.6 Å². The van der Waals surface area contributed by atoms with Crippen molar-refractivity contribution in [1.29, 1.82) is 0 Å². The van der Waals surface area contributed by atoms with Crippen molar-refractivity contribution in [2.75, 3.05) is 11.5 Å². The summed E-state index contributed by atoms with van der Waals surface area (Å²) in [6, 6.07) is 19.3. The first-order chi connectivity index (χ1) is 19.1. The van der Waals surface area contributed by atoms with Gasteiger partial charge in [0.25, 0.3) is 5.91 Å². The van der Waals surface area contributed by atoms with Gasteiger partial charge >= 0.3 is 0 Å². The lowest BCUT2D eigenvalue weighted by atomic mass is 9.95. The maximum absolute atomic E-state index is 13.4. The van der Waals surface area contributed by atoms with Gasteiger partial charge in [-0.25, -0.2) is 0 Å². The van der Waals surface area contributed by atoms with E-state index >= 15 is 0 Å². The summed E-state index contributed by atoms with van der Waals surface area (Å²) in [6.45, 7) is 2.75. The molecule has 3 heterocycles. The fourth-order valence-electron chi connectivity index (χ4n) is 4.26. The van der Waals surface area contributed by atoms with Gasteiger partial charge in [-0.05, 0) is 41.8 Å². The number of amides is 1. The molecule has 1 aliphatic heterocycles. The molecule has 1 amide bonds. The molecule has 0 aliphatic carbocycles. The van der Waals surface area contributed by atoms with E-state index in [0.717, 1.165) is 24.8 Å². The van der Waals surface area contributed by atoms with E-state index in [1.807, 2.05) is 30.3 Å². The molecule has 1 atom stereocenters. The van der Waals surface area contributed by atoms with Crippen LogP contribution in [0.2, 0.25) is 0 Å². The number of carbonyl (C=O) groups is 2. The molecule has 1 aliphatic rings. The molecule has 4 aromatic rings. The fraction of sp³-hybridized carbons (Fsp3) is 0.241. The second kappa shape index (κ2) is 12.3. The number of aliphatic hydroxyl groups excluding tert-OH is 1. The summed E-state index contributed by atoms with van der Waals surface area (Å²) in [7, 11) is 0. The first-order valence-corrected chi connectivity index (χ1v) is 14.4. The third kappa shape index (κ3) is 5.91. The summed E-state index contributed by atoms with van der Waals surface area (Å²) in [5.41, 5.74) is 1.69. The molecule has 2 aromatic heterocycles. The SMILES string of the molecule is CCCCCOc1ccc(C2C(C(=O)c3ccco3)=C(O)C(=O)N2c2nnc(SCc3ccccc3)s2)cc1. The third-order valence-electron chi connectivity index (χ3n) is 6.22. The van der Waals surface area contributed by atoms with Crippen molar-refractivity contribution >= 4 is 39.9 Å². The van der Waals surface area contributed by atoms with Crippen LogP contribution < -0.4 is 9.64 Å². The highest BCUT2D eigenvalue weighted by atomic mass is 32.2. The minimum Gasteiger partial charge on any atom is -0.503 e. The van der Waals surface area contributed by atoms with E-state index in [1.54, 1.807) is 30.3 Å². The number of nitrogens with zero attached hydrogens (tertiary/aromatic N) is 3. The number of rotatable bonds is 12. The zero-order chi connectivity index (χ0) is 27.2. The number of aromatic nitrogens is 2. The number of ether oxygens (including phenoxy) is 1. The van der Waals surface area contributed by atoms with Gasteiger partial charge < -0.3 is 14.3 Å². The first kappa shape index (κ1) is 26.7. The number of carbonyl (C=O) groups excluding carboxylic acids is 2. The molecule has 0 saturated carbocycles. The number of unbranched alkanes of at least 4 members (excludes halogenated alkanes) is 2. The lowest BCUT2D eigenvalue weighted by molar-refractivity contribution is -0.117. The Balaban J connectivity index is 1.44. The molecular formula is C29H27N3O5S2. The van der Waals surface area contributed by atoms with Gasteiger partial charge in [0, 0.05) is 5.75 Å². The Morgan fingerprint density at radius 1 is 1.08 bits per heavy atom. The minimum atomic E-state index is -0.913. The van der Waals surface area contributed by atoms with Crippen LogP contribution in [0.3, 0.4) is 0 Å². The molecular weight excluding hydrogens is 534 g/mol. The van der Waals surface area contributed by atoms with Gasteiger partial charge in [0.15, 0.2) is 15.9 Å². The Hall–Kier alpha value is -3.89. The van der Waals surface area contributed by atoms with Crippen LogP contribution in [0.15, 0.2) is 93.1 Å². The molecule has 0 fully saturated rings. The molecule has 8 nitrogen and oxygen atoms in total. The molecule has 200 valence electrons. The average molecular weight is 562 g/mol. The predicted molar refractivity (Wildman–Crippen MR) is 150 cm³/mol. The van der Waals surface area contributed by atoms with Crippen LogP contribution >= 0.6 is 23.1 Å². The number of ketones is 1. The number of hydrogen-bond acceptors (Lipinski definition) is 9. The normalized spacial score (nSPS) is 15.3. The second-order valence-electron chi connectivity index (χ2n) is 8.90. The van der Waals surface area contributed by atoms with E-state index in [0.29, 0.717) is 28.0 Å². The summed E-state index contributed by atoms with van der Waals surface area (Å²) in [5, 5.41) is 19.7. The van der Waals surface area contributed by atoms with Crippen molar-refractivity contribution < 1.29 is 23.8 Å². The van der Waals surface area contributed by atoms with Crippen LogP contribution in [0.1, 0.15) is 53.9 Å². The van der Waals surface area contributed by atoms with E-state index < -0.39 is 23.5 Å². The lowest BCUT2D eigenvalue weighted by Gasteiger charge is -2.24. The number of thioether (sulfide) groups is 1. The highest BCUT2D eigenvalue weighted by molar-refractivity contribution is 8.00. The summed E-state index contributed by atoms with van der Waals surface area (Å²) in [5.74, 6) is -0.503. The van der Waals surface area contributed by atoms with Gasteiger partial charge in [-0.1, -0.05) is 85.3 Å². The van der Waals surface area contributed by atoms with Gasteiger partial charge in [0.2, 0.25) is 10.9 Å². The van der Waals surface area contributed by atoms with Crippen molar-refractivity contribution in [3.05, 3.63) is 101 Å². The number of aliphatic hydroxyl groups is 1. The van der Waals surface area contributed by atoms with Crippen LogP contribution in [0, 0.1) is 0 Å². The van der Waals surface area contributed by atoms with E-state index in [2.05, 4.69) is 17.1 Å².